The first kappa shape index (κ1) is 24.3. The standard InChI is InChI=1S/C27H35N3OS/c28-26(27(31)30-21-22-32-23-30)17-7-8-18-29(19-9-15-24-11-3-1-4-12-24)20-10-16-25-13-5-2-6-14-25/h1-6,9-16,26H,7-8,17-23,28H2/b15-9+,16-10+/t26-/m0/s1. The second-order valence-electron chi connectivity index (χ2n) is 8.13. The molecule has 2 aromatic carbocycles. The summed E-state index contributed by atoms with van der Waals surface area (Å²) >= 11 is 1.80. The third-order valence-electron chi connectivity index (χ3n) is 5.57. The molecule has 4 nitrogen and oxygen atoms in total. The van der Waals surface area contributed by atoms with Crippen LogP contribution in [-0.4, -0.2) is 59.6 Å². The molecule has 0 aromatic heterocycles. The molecule has 1 saturated heterocycles. The summed E-state index contributed by atoms with van der Waals surface area (Å²) in [5.74, 6) is 1.94. The van der Waals surface area contributed by atoms with Gasteiger partial charge in [0.05, 0.1) is 11.9 Å². The fourth-order valence-corrected chi connectivity index (χ4v) is 4.66. The van der Waals surface area contributed by atoms with Crippen LogP contribution in [-0.2, 0) is 4.79 Å². The minimum Gasteiger partial charge on any atom is -0.331 e. The van der Waals surface area contributed by atoms with E-state index in [1.54, 1.807) is 11.8 Å². The minimum atomic E-state index is -0.363. The van der Waals surface area contributed by atoms with Crippen molar-refractivity contribution < 1.29 is 4.79 Å². The number of unbranched alkanes of at least 4 members (excludes halogenated alkanes) is 1. The quantitative estimate of drug-likeness (QED) is 0.475. The van der Waals surface area contributed by atoms with Crippen molar-refractivity contribution in [3.63, 3.8) is 0 Å². The number of rotatable bonds is 12. The molecule has 1 heterocycles. The predicted octanol–water partition coefficient (Wildman–Crippen LogP) is 4.75. The lowest BCUT2D eigenvalue weighted by Crippen LogP contribution is -2.42. The molecule has 0 radical (unpaired) electrons. The van der Waals surface area contributed by atoms with Crippen LogP contribution in [0.4, 0.5) is 0 Å². The molecule has 2 N–H and O–H groups in total. The van der Waals surface area contributed by atoms with E-state index in [1.165, 1.54) is 11.1 Å². The maximum Gasteiger partial charge on any atom is 0.240 e. The number of nitrogens with two attached hydrogens (primary N) is 1. The van der Waals surface area contributed by atoms with Gasteiger partial charge >= 0.3 is 0 Å². The van der Waals surface area contributed by atoms with Crippen molar-refractivity contribution in [3.8, 4) is 0 Å². The molecule has 1 fully saturated rings. The van der Waals surface area contributed by atoms with Crippen molar-refractivity contribution in [3.05, 3.63) is 83.9 Å². The first-order valence-corrected chi connectivity index (χ1v) is 12.7. The van der Waals surface area contributed by atoms with Gasteiger partial charge in [-0.1, -0.05) is 91.4 Å². The van der Waals surface area contributed by atoms with E-state index in [0.717, 1.165) is 57.1 Å². The predicted molar refractivity (Wildman–Crippen MR) is 138 cm³/mol. The summed E-state index contributed by atoms with van der Waals surface area (Å²) in [6.07, 6.45) is 11.6. The zero-order valence-corrected chi connectivity index (χ0v) is 19.6. The molecule has 0 unspecified atom stereocenters. The topological polar surface area (TPSA) is 49.6 Å². The zero-order chi connectivity index (χ0) is 22.4. The fraction of sp³-hybridized carbons (Fsp3) is 0.370. The maximum absolute atomic E-state index is 12.4. The highest BCUT2D eigenvalue weighted by atomic mass is 32.2. The van der Waals surface area contributed by atoms with Gasteiger partial charge in [-0.15, -0.1) is 11.8 Å². The van der Waals surface area contributed by atoms with Gasteiger partial charge in [0.25, 0.3) is 0 Å². The number of nitrogens with zero attached hydrogens (tertiary/aromatic N) is 2. The van der Waals surface area contributed by atoms with E-state index < -0.39 is 0 Å². The van der Waals surface area contributed by atoms with Crippen LogP contribution in [0, 0.1) is 0 Å². The van der Waals surface area contributed by atoms with E-state index in [0.29, 0.717) is 0 Å². The molecule has 3 rings (SSSR count). The number of amides is 1. The summed E-state index contributed by atoms with van der Waals surface area (Å²) in [5, 5.41) is 0. The number of benzene rings is 2. The van der Waals surface area contributed by atoms with Gasteiger partial charge in [0.1, 0.15) is 0 Å². The number of thioether (sulfide) groups is 1. The summed E-state index contributed by atoms with van der Waals surface area (Å²) < 4.78 is 0. The fourth-order valence-electron chi connectivity index (χ4n) is 3.71. The van der Waals surface area contributed by atoms with Crippen molar-refractivity contribution in [2.75, 3.05) is 37.8 Å². The van der Waals surface area contributed by atoms with Crippen LogP contribution in [0.3, 0.4) is 0 Å². The molecule has 32 heavy (non-hydrogen) atoms. The monoisotopic (exact) mass is 449 g/mol. The van der Waals surface area contributed by atoms with Gasteiger partial charge in [-0.05, 0) is 30.5 Å². The molecule has 1 aliphatic heterocycles. The number of hydrogen-bond acceptors (Lipinski definition) is 4. The lowest BCUT2D eigenvalue weighted by Gasteiger charge is -2.21. The molecular weight excluding hydrogens is 414 g/mol. The Morgan fingerprint density at radius 3 is 2.09 bits per heavy atom. The van der Waals surface area contributed by atoms with Crippen molar-refractivity contribution in [2.45, 2.75) is 25.3 Å². The van der Waals surface area contributed by atoms with Crippen molar-refractivity contribution >= 4 is 29.8 Å². The number of hydrogen-bond donors (Lipinski definition) is 1. The second-order valence-corrected chi connectivity index (χ2v) is 9.20. The van der Waals surface area contributed by atoms with E-state index in [2.05, 4.69) is 77.7 Å². The van der Waals surface area contributed by atoms with Crippen LogP contribution in [0.15, 0.2) is 72.8 Å². The van der Waals surface area contributed by atoms with E-state index >= 15 is 0 Å². The Kier molecular flexibility index (Phi) is 10.6. The Hall–Kier alpha value is -2.34. The molecule has 0 spiro atoms. The van der Waals surface area contributed by atoms with Crippen molar-refractivity contribution in [1.82, 2.24) is 9.80 Å². The van der Waals surface area contributed by atoms with Crippen LogP contribution in [0.25, 0.3) is 12.2 Å². The second kappa shape index (κ2) is 13.9. The van der Waals surface area contributed by atoms with Crippen LogP contribution in [0.1, 0.15) is 30.4 Å². The Morgan fingerprint density at radius 1 is 0.969 bits per heavy atom. The van der Waals surface area contributed by atoms with Crippen molar-refractivity contribution in [1.29, 1.82) is 0 Å². The van der Waals surface area contributed by atoms with Crippen LogP contribution >= 0.6 is 11.8 Å². The Morgan fingerprint density at radius 2 is 1.56 bits per heavy atom. The highest BCUT2D eigenvalue weighted by molar-refractivity contribution is 7.99. The zero-order valence-electron chi connectivity index (χ0n) is 18.8. The normalized spacial score (nSPS) is 15.2. The third-order valence-corrected chi connectivity index (χ3v) is 6.53. The van der Waals surface area contributed by atoms with Gasteiger partial charge in [-0.2, -0.15) is 0 Å². The Labute approximate surface area is 197 Å². The smallest absolute Gasteiger partial charge is 0.240 e. The molecule has 5 heteroatoms. The Bertz CT molecular complexity index is 796. The lowest BCUT2D eigenvalue weighted by molar-refractivity contribution is -0.131. The molecule has 0 aliphatic carbocycles. The van der Waals surface area contributed by atoms with Gasteiger partial charge in [0, 0.05) is 25.4 Å². The molecular formula is C27H35N3OS. The van der Waals surface area contributed by atoms with Gasteiger partial charge in [-0.25, -0.2) is 0 Å². The highest BCUT2D eigenvalue weighted by Gasteiger charge is 2.23. The van der Waals surface area contributed by atoms with Crippen LogP contribution in [0.2, 0.25) is 0 Å². The summed E-state index contributed by atoms with van der Waals surface area (Å²) in [5.41, 5.74) is 8.61. The largest absolute Gasteiger partial charge is 0.331 e. The average Bonchev–Trinajstić information content (AvgIpc) is 3.37. The average molecular weight is 450 g/mol. The first-order valence-electron chi connectivity index (χ1n) is 11.5. The first-order chi connectivity index (χ1) is 15.7. The number of carbonyl (C=O) groups excluding carboxylic acids is 1. The lowest BCUT2D eigenvalue weighted by atomic mass is 10.1. The third kappa shape index (κ3) is 8.65. The molecule has 2 aromatic rings. The summed E-state index contributed by atoms with van der Waals surface area (Å²) in [7, 11) is 0. The van der Waals surface area contributed by atoms with Crippen LogP contribution < -0.4 is 5.73 Å². The molecule has 170 valence electrons. The molecule has 1 aliphatic rings. The van der Waals surface area contributed by atoms with Gasteiger partial charge in [0.2, 0.25) is 5.91 Å². The van der Waals surface area contributed by atoms with Gasteiger partial charge in [0.15, 0.2) is 0 Å². The molecule has 0 saturated carbocycles. The number of carbonyl (C=O) groups is 1. The summed E-state index contributed by atoms with van der Waals surface area (Å²) in [4.78, 5) is 16.7. The van der Waals surface area contributed by atoms with E-state index in [-0.39, 0.29) is 11.9 Å². The maximum atomic E-state index is 12.4. The van der Waals surface area contributed by atoms with E-state index in [1.807, 2.05) is 17.0 Å². The molecule has 1 amide bonds. The Balaban J connectivity index is 1.46. The molecule has 0 bridgehead atoms. The minimum absolute atomic E-state index is 0.114. The van der Waals surface area contributed by atoms with E-state index in [4.69, 9.17) is 5.73 Å². The van der Waals surface area contributed by atoms with Crippen molar-refractivity contribution in [2.24, 2.45) is 5.73 Å². The van der Waals surface area contributed by atoms with Gasteiger partial charge in [-0.3, -0.25) is 9.69 Å². The molecule has 1 atom stereocenters. The summed E-state index contributed by atoms with van der Waals surface area (Å²) in [6.45, 7) is 3.61. The van der Waals surface area contributed by atoms with E-state index in [9.17, 15) is 4.79 Å². The van der Waals surface area contributed by atoms with Crippen LogP contribution in [0.5, 0.6) is 0 Å². The highest BCUT2D eigenvalue weighted by Crippen LogP contribution is 2.15. The SMILES string of the molecule is N[C@@H](CCCCN(C/C=C/c1ccccc1)C/C=C/c1ccccc1)C(=O)N1CCSC1. The summed E-state index contributed by atoms with van der Waals surface area (Å²) in [6, 6.07) is 20.4. The van der Waals surface area contributed by atoms with Gasteiger partial charge < -0.3 is 10.6 Å².